The van der Waals surface area contributed by atoms with Gasteiger partial charge >= 0.3 is 0 Å². The average molecular weight is 253 g/mol. The van der Waals surface area contributed by atoms with Crippen molar-refractivity contribution >= 4 is 11.3 Å². The molecular weight excluding hydrogens is 230 g/mol. The van der Waals surface area contributed by atoms with Crippen LogP contribution in [0.4, 0.5) is 0 Å². The van der Waals surface area contributed by atoms with Crippen molar-refractivity contribution in [2.75, 3.05) is 6.54 Å². The molecule has 0 atom stereocenters. The largest absolute Gasteiger partial charge is 0.390 e. The van der Waals surface area contributed by atoms with Gasteiger partial charge in [0.15, 0.2) is 0 Å². The Balaban J connectivity index is 1.80. The van der Waals surface area contributed by atoms with Crippen LogP contribution >= 0.6 is 11.3 Å². The second kappa shape index (κ2) is 5.98. The molecule has 0 amide bonds. The van der Waals surface area contributed by atoms with Gasteiger partial charge in [0, 0.05) is 12.5 Å². The lowest BCUT2D eigenvalue weighted by atomic mass is 9.79. The van der Waals surface area contributed by atoms with Gasteiger partial charge in [0.2, 0.25) is 0 Å². The van der Waals surface area contributed by atoms with E-state index in [-0.39, 0.29) is 0 Å². The van der Waals surface area contributed by atoms with E-state index in [1.807, 2.05) is 0 Å². The first-order valence-electron chi connectivity index (χ1n) is 6.69. The van der Waals surface area contributed by atoms with E-state index in [9.17, 15) is 5.11 Å². The summed E-state index contributed by atoms with van der Waals surface area (Å²) in [6.45, 7) is 3.30. The zero-order chi connectivity index (χ0) is 12.1. The summed E-state index contributed by atoms with van der Waals surface area (Å²) >= 11 is 1.72. The molecule has 0 unspecified atom stereocenters. The first kappa shape index (κ1) is 13.1. The number of hydrogen-bond acceptors (Lipinski definition) is 3. The molecular formula is C14H23NOS. The fraction of sp³-hybridized carbons (Fsp3) is 0.714. The Labute approximate surface area is 108 Å². The van der Waals surface area contributed by atoms with Gasteiger partial charge in [0.05, 0.1) is 5.60 Å². The summed E-state index contributed by atoms with van der Waals surface area (Å²) < 4.78 is 0. The number of thiophene rings is 1. The highest BCUT2D eigenvalue weighted by atomic mass is 32.1. The van der Waals surface area contributed by atoms with Gasteiger partial charge in [-0.25, -0.2) is 0 Å². The molecule has 0 radical (unpaired) electrons. The van der Waals surface area contributed by atoms with Crippen LogP contribution < -0.4 is 5.32 Å². The summed E-state index contributed by atoms with van der Waals surface area (Å²) in [6, 6.07) is 2.75. The van der Waals surface area contributed by atoms with Gasteiger partial charge in [0.1, 0.15) is 0 Å². The van der Waals surface area contributed by atoms with E-state index in [0.29, 0.717) is 6.04 Å². The molecule has 1 fully saturated rings. The normalized spacial score (nSPS) is 29.4. The highest BCUT2D eigenvalue weighted by Crippen LogP contribution is 2.31. The van der Waals surface area contributed by atoms with Gasteiger partial charge < -0.3 is 10.4 Å². The lowest BCUT2D eigenvalue weighted by molar-refractivity contribution is -0.00298. The minimum Gasteiger partial charge on any atom is -0.390 e. The quantitative estimate of drug-likeness (QED) is 0.845. The van der Waals surface area contributed by atoms with Crippen LogP contribution in [-0.4, -0.2) is 23.3 Å². The van der Waals surface area contributed by atoms with Crippen molar-refractivity contribution in [1.29, 1.82) is 0 Å². The molecule has 2 rings (SSSR count). The van der Waals surface area contributed by atoms with E-state index in [0.717, 1.165) is 38.6 Å². The molecule has 1 aromatic heterocycles. The molecule has 96 valence electrons. The Kier molecular flexibility index (Phi) is 4.60. The van der Waals surface area contributed by atoms with Crippen molar-refractivity contribution < 1.29 is 5.11 Å². The van der Waals surface area contributed by atoms with Crippen molar-refractivity contribution in [2.45, 2.75) is 57.1 Å². The molecule has 1 heterocycles. The maximum atomic E-state index is 10.6. The second-order valence-corrected chi connectivity index (χ2v) is 6.04. The minimum absolute atomic E-state index is 0.453. The third-order valence-electron chi connectivity index (χ3n) is 3.71. The van der Waals surface area contributed by atoms with Gasteiger partial charge in [-0.05, 0) is 61.0 Å². The van der Waals surface area contributed by atoms with Crippen LogP contribution in [0.25, 0.3) is 0 Å². The lowest BCUT2D eigenvalue weighted by Gasteiger charge is -2.36. The van der Waals surface area contributed by atoms with Crippen LogP contribution in [0.5, 0.6) is 0 Å². The molecule has 0 saturated heterocycles. The highest BCUT2D eigenvalue weighted by molar-refractivity contribution is 7.07. The van der Waals surface area contributed by atoms with E-state index in [1.54, 1.807) is 11.3 Å². The Morgan fingerprint density at radius 2 is 2.24 bits per heavy atom. The summed E-state index contributed by atoms with van der Waals surface area (Å²) in [5.74, 6) is 0. The topological polar surface area (TPSA) is 32.3 Å². The van der Waals surface area contributed by atoms with E-state index < -0.39 is 5.60 Å². The summed E-state index contributed by atoms with van der Waals surface area (Å²) in [5, 5.41) is 18.4. The maximum absolute atomic E-state index is 10.6. The molecule has 0 spiro atoms. The summed E-state index contributed by atoms with van der Waals surface area (Å²) in [6.07, 6.45) is 6.11. The van der Waals surface area contributed by atoms with Crippen LogP contribution in [0, 0.1) is 0 Å². The predicted molar refractivity (Wildman–Crippen MR) is 73.5 cm³/mol. The summed E-state index contributed by atoms with van der Waals surface area (Å²) in [7, 11) is 0. The molecule has 0 aliphatic heterocycles. The lowest BCUT2D eigenvalue weighted by Crippen LogP contribution is -2.42. The van der Waals surface area contributed by atoms with Crippen molar-refractivity contribution in [3.8, 4) is 0 Å². The Hall–Kier alpha value is -0.380. The number of rotatable bonds is 5. The molecule has 2 N–H and O–H groups in total. The summed E-state index contributed by atoms with van der Waals surface area (Å²) in [4.78, 5) is 0. The first-order valence-corrected chi connectivity index (χ1v) is 7.63. The van der Waals surface area contributed by atoms with Crippen molar-refractivity contribution in [1.82, 2.24) is 5.32 Å². The molecule has 1 aromatic rings. The van der Waals surface area contributed by atoms with Gasteiger partial charge in [-0.3, -0.25) is 0 Å². The highest BCUT2D eigenvalue weighted by Gasteiger charge is 2.32. The van der Waals surface area contributed by atoms with Crippen molar-refractivity contribution in [3.63, 3.8) is 0 Å². The molecule has 1 aliphatic rings. The summed E-state index contributed by atoms with van der Waals surface area (Å²) in [5.41, 5.74) is 0.836. The molecule has 1 saturated carbocycles. The molecule has 0 aromatic carbocycles. The first-order chi connectivity index (χ1) is 8.22. The van der Waals surface area contributed by atoms with Crippen LogP contribution in [0.2, 0.25) is 0 Å². The molecule has 2 nitrogen and oxygen atoms in total. The van der Waals surface area contributed by atoms with Crippen molar-refractivity contribution in [2.24, 2.45) is 0 Å². The van der Waals surface area contributed by atoms with E-state index in [2.05, 4.69) is 29.1 Å². The van der Waals surface area contributed by atoms with E-state index in [1.165, 1.54) is 12.0 Å². The zero-order valence-corrected chi connectivity index (χ0v) is 11.4. The Morgan fingerprint density at radius 1 is 1.47 bits per heavy atom. The number of hydrogen-bond donors (Lipinski definition) is 2. The predicted octanol–water partition coefficient (Wildman–Crippen LogP) is 2.96. The minimum atomic E-state index is -0.453. The molecule has 0 bridgehead atoms. The Morgan fingerprint density at radius 3 is 2.82 bits per heavy atom. The van der Waals surface area contributed by atoms with E-state index in [4.69, 9.17) is 0 Å². The van der Waals surface area contributed by atoms with Crippen LogP contribution in [0.3, 0.4) is 0 Å². The SMILES string of the molecule is CCCNC1CCC(O)(Cc2ccsc2)CC1. The standard InChI is InChI=1S/C14H23NOS/c1-2-8-15-13-3-6-14(16,7-4-13)10-12-5-9-17-11-12/h5,9,11,13,15-16H,2-4,6-8,10H2,1H3. The van der Waals surface area contributed by atoms with E-state index >= 15 is 0 Å². The monoisotopic (exact) mass is 253 g/mol. The van der Waals surface area contributed by atoms with Gasteiger partial charge in [-0.15, -0.1) is 0 Å². The Bertz CT molecular complexity index is 315. The third-order valence-corrected chi connectivity index (χ3v) is 4.44. The zero-order valence-electron chi connectivity index (χ0n) is 10.6. The van der Waals surface area contributed by atoms with Gasteiger partial charge in [-0.2, -0.15) is 11.3 Å². The molecule has 17 heavy (non-hydrogen) atoms. The van der Waals surface area contributed by atoms with Crippen LogP contribution in [0.1, 0.15) is 44.6 Å². The molecule has 3 heteroatoms. The van der Waals surface area contributed by atoms with Gasteiger partial charge in [-0.1, -0.05) is 6.92 Å². The second-order valence-electron chi connectivity index (χ2n) is 5.26. The fourth-order valence-electron chi connectivity index (χ4n) is 2.66. The third kappa shape index (κ3) is 3.80. The average Bonchev–Trinajstić information content (AvgIpc) is 2.81. The van der Waals surface area contributed by atoms with Gasteiger partial charge in [0.25, 0.3) is 0 Å². The fourth-order valence-corrected chi connectivity index (χ4v) is 3.33. The molecule has 1 aliphatic carbocycles. The van der Waals surface area contributed by atoms with Crippen LogP contribution in [0.15, 0.2) is 16.8 Å². The number of nitrogens with one attached hydrogen (secondary N) is 1. The smallest absolute Gasteiger partial charge is 0.0689 e. The number of aliphatic hydroxyl groups is 1. The van der Waals surface area contributed by atoms with Crippen molar-refractivity contribution in [3.05, 3.63) is 22.4 Å². The maximum Gasteiger partial charge on any atom is 0.0689 e. The van der Waals surface area contributed by atoms with Crippen LogP contribution in [-0.2, 0) is 6.42 Å².